The number of rotatable bonds is 4. The van der Waals surface area contributed by atoms with E-state index < -0.39 is 0 Å². The summed E-state index contributed by atoms with van der Waals surface area (Å²) in [6, 6.07) is 51.0. The summed E-state index contributed by atoms with van der Waals surface area (Å²) < 4.78 is 6.98. The monoisotopic (exact) mass is 670 g/mol. The predicted molar refractivity (Wildman–Crippen MR) is 210 cm³/mol. The lowest BCUT2D eigenvalue weighted by Gasteiger charge is -2.15. The molecule has 0 unspecified atom stereocenters. The molecule has 0 radical (unpaired) electrons. The lowest BCUT2D eigenvalue weighted by Crippen LogP contribution is -2.07. The first-order valence-corrected chi connectivity index (χ1v) is 17.7. The highest BCUT2D eigenvalue weighted by atomic mass is 32.1. The molecule has 11 rings (SSSR count). The Balaban J connectivity index is 1.22. The smallest absolute Gasteiger partial charge is 0.238 e. The molecule has 0 saturated carbocycles. The van der Waals surface area contributed by atoms with Crippen molar-refractivity contribution in [2.45, 2.75) is 0 Å². The largest absolute Gasteiger partial charge is 0.308 e. The Morgan fingerprint density at radius 3 is 1.80 bits per heavy atom. The van der Waals surface area contributed by atoms with Crippen LogP contribution >= 0.6 is 11.3 Å². The summed E-state index contributed by atoms with van der Waals surface area (Å²) in [6.45, 7) is 0. The van der Waals surface area contributed by atoms with E-state index in [1.54, 1.807) is 0 Å². The van der Waals surface area contributed by atoms with Crippen molar-refractivity contribution in [2.75, 3.05) is 0 Å². The van der Waals surface area contributed by atoms with Gasteiger partial charge in [-0.1, -0.05) is 84.9 Å². The van der Waals surface area contributed by atoms with Crippen molar-refractivity contribution in [3.63, 3.8) is 0 Å². The molecule has 0 N–H and O–H groups in total. The quantitative estimate of drug-likeness (QED) is 0.187. The second-order valence-electron chi connectivity index (χ2n) is 12.7. The van der Waals surface area contributed by atoms with Crippen molar-refractivity contribution in [2.24, 2.45) is 0 Å². The number of nitrogens with zero attached hydrogens (tertiary/aromatic N) is 6. The molecule has 0 spiro atoms. The first kappa shape index (κ1) is 28.2. The van der Waals surface area contributed by atoms with Crippen LogP contribution in [-0.2, 0) is 0 Å². The minimum Gasteiger partial charge on any atom is -0.308 e. The third-order valence-electron chi connectivity index (χ3n) is 9.90. The SMILES string of the molecule is c1ccc(-n2c3ccccc3c3cnccc32)c(-c2nc(-c3ccc4sc5ccccc5c4c3)nc(-n3c4ccccc4c4ccccc43)n2)c1. The van der Waals surface area contributed by atoms with E-state index in [9.17, 15) is 0 Å². The number of pyridine rings is 1. The third kappa shape index (κ3) is 4.22. The van der Waals surface area contributed by atoms with Gasteiger partial charge in [0.05, 0.1) is 27.8 Å². The van der Waals surface area contributed by atoms with Crippen LogP contribution in [0.5, 0.6) is 0 Å². The number of fused-ring (bicyclic) bond motifs is 9. The molecule has 6 nitrogen and oxygen atoms in total. The lowest BCUT2D eigenvalue weighted by atomic mass is 10.1. The number of thiophene rings is 1. The summed E-state index contributed by atoms with van der Waals surface area (Å²) >= 11 is 1.81. The van der Waals surface area contributed by atoms with Crippen LogP contribution in [0, 0.1) is 0 Å². The average molecular weight is 671 g/mol. The van der Waals surface area contributed by atoms with E-state index in [0.717, 1.165) is 60.4 Å². The molecule has 0 fully saturated rings. The molecule has 0 atom stereocenters. The molecule has 0 aliphatic heterocycles. The Morgan fingerprint density at radius 2 is 1.02 bits per heavy atom. The van der Waals surface area contributed by atoms with E-state index in [4.69, 9.17) is 15.0 Å². The predicted octanol–water partition coefficient (Wildman–Crippen LogP) is 11.2. The highest BCUT2D eigenvalue weighted by Crippen LogP contribution is 2.39. The molecular weight excluding hydrogens is 645 g/mol. The van der Waals surface area contributed by atoms with E-state index in [1.807, 2.05) is 23.7 Å². The van der Waals surface area contributed by atoms with Gasteiger partial charge in [-0.05, 0) is 60.7 Å². The highest BCUT2D eigenvalue weighted by Gasteiger charge is 2.21. The number of hydrogen-bond acceptors (Lipinski definition) is 5. The molecule has 238 valence electrons. The van der Waals surface area contributed by atoms with Gasteiger partial charge in [-0.15, -0.1) is 11.3 Å². The molecule has 5 aromatic heterocycles. The van der Waals surface area contributed by atoms with Gasteiger partial charge in [-0.25, -0.2) is 4.98 Å². The van der Waals surface area contributed by atoms with Crippen molar-refractivity contribution < 1.29 is 0 Å². The second kappa shape index (κ2) is 10.9. The number of benzene rings is 6. The number of hydrogen-bond donors (Lipinski definition) is 0. The molecule has 7 heteroatoms. The first-order chi connectivity index (χ1) is 25.3. The minimum absolute atomic E-state index is 0.573. The van der Waals surface area contributed by atoms with Crippen molar-refractivity contribution in [1.29, 1.82) is 0 Å². The summed E-state index contributed by atoms with van der Waals surface area (Å²) in [6.07, 6.45) is 3.80. The standard InChI is InChI=1S/C44H26N6S/c1-7-17-36-28(11-1)29-12-2-8-18-37(29)50(36)44-47-42(27-21-22-41-33(25-27)31-14-5-10-20-40(31)51-41)46-43(48-44)32-15-4-9-19-38(32)49-35-16-6-3-13-30(35)34-26-45-24-23-39(34)49/h1-26H. The molecule has 0 aliphatic carbocycles. The van der Waals surface area contributed by atoms with Crippen LogP contribution in [0.2, 0.25) is 0 Å². The van der Waals surface area contributed by atoms with Crippen LogP contribution in [0.3, 0.4) is 0 Å². The van der Waals surface area contributed by atoms with E-state index in [0.29, 0.717) is 17.6 Å². The van der Waals surface area contributed by atoms with Crippen molar-refractivity contribution in [3.8, 4) is 34.4 Å². The van der Waals surface area contributed by atoms with Crippen LogP contribution < -0.4 is 0 Å². The molecular formula is C44H26N6S. The maximum Gasteiger partial charge on any atom is 0.238 e. The normalized spacial score (nSPS) is 11.9. The molecule has 0 amide bonds. The molecule has 51 heavy (non-hydrogen) atoms. The molecule has 0 bridgehead atoms. The zero-order chi connectivity index (χ0) is 33.5. The molecule has 0 aliphatic rings. The van der Waals surface area contributed by atoms with Crippen LogP contribution in [0.25, 0.3) is 98.2 Å². The van der Waals surface area contributed by atoms with Crippen molar-refractivity contribution >= 4 is 75.1 Å². The fraction of sp³-hybridized carbons (Fsp3) is 0. The summed E-state index contributed by atoms with van der Waals surface area (Å²) in [5.74, 6) is 1.79. The van der Waals surface area contributed by atoms with Gasteiger partial charge < -0.3 is 4.57 Å². The zero-order valence-corrected chi connectivity index (χ0v) is 27.9. The van der Waals surface area contributed by atoms with E-state index in [1.165, 1.54) is 20.2 Å². The second-order valence-corrected chi connectivity index (χ2v) is 13.8. The molecule has 11 aromatic rings. The van der Waals surface area contributed by atoms with Gasteiger partial charge in [0, 0.05) is 65.2 Å². The summed E-state index contributed by atoms with van der Waals surface area (Å²) in [4.78, 5) is 20.3. The maximum absolute atomic E-state index is 5.32. The van der Waals surface area contributed by atoms with Gasteiger partial charge in [0.2, 0.25) is 5.95 Å². The summed E-state index contributed by atoms with van der Waals surface area (Å²) in [7, 11) is 0. The van der Waals surface area contributed by atoms with E-state index in [2.05, 4.69) is 160 Å². The van der Waals surface area contributed by atoms with Gasteiger partial charge in [-0.2, -0.15) is 9.97 Å². The Morgan fingerprint density at radius 1 is 0.431 bits per heavy atom. The Kier molecular flexibility index (Phi) is 6.02. The minimum atomic E-state index is 0.573. The molecule has 0 saturated heterocycles. The first-order valence-electron chi connectivity index (χ1n) is 16.9. The number of aromatic nitrogens is 6. The average Bonchev–Trinajstić information content (AvgIpc) is 3.85. The maximum atomic E-state index is 5.32. The van der Waals surface area contributed by atoms with Gasteiger partial charge in [0.25, 0.3) is 0 Å². The molecule has 5 heterocycles. The zero-order valence-electron chi connectivity index (χ0n) is 27.1. The van der Waals surface area contributed by atoms with E-state index in [-0.39, 0.29) is 0 Å². The Hall–Kier alpha value is -6.70. The van der Waals surface area contributed by atoms with Crippen LogP contribution in [0.15, 0.2) is 158 Å². The van der Waals surface area contributed by atoms with Gasteiger partial charge in [0.15, 0.2) is 11.6 Å². The van der Waals surface area contributed by atoms with E-state index >= 15 is 0 Å². The fourth-order valence-corrected chi connectivity index (χ4v) is 8.74. The topological polar surface area (TPSA) is 61.4 Å². The highest BCUT2D eigenvalue weighted by molar-refractivity contribution is 7.25. The Labute approximate surface area is 295 Å². The fourth-order valence-electron chi connectivity index (χ4n) is 7.65. The van der Waals surface area contributed by atoms with Crippen LogP contribution in [0.4, 0.5) is 0 Å². The third-order valence-corrected chi connectivity index (χ3v) is 11.1. The van der Waals surface area contributed by atoms with Crippen LogP contribution in [-0.4, -0.2) is 29.1 Å². The van der Waals surface area contributed by atoms with Gasteiger partial charge >= 0.3 is 0 Å². The summed E-state index contributed by atoms with van der Waals surface area (Å²) in [5.41, 5.74) is 7.10. The van der Waals surface area contributed by atoms with Crippen LogP contribution in [0.1, 0.15) is 0 Å². The van der Waals surface area contributed by atoms with Gasteiger partial charge in [-0.3, -0.25) is 9.55 Å². The Bertz CT molecular complexity index is 3060. The van der Waals surface area contributed by atoms with Gasteiger partial charge in [0.1, 0.15) is 0 Å². The number of para-hydroxylation sites is 4. The van der Waals surface area contributed by atoms with Crippen molar-refractivity contribution in [1.82, 2.24) is 29.1 Å². The summed E-state index contributed by atoms with van der Waals surface area (Å²) in [5, 5.41) is 7.00. The lowest BCUT2D eigenvalue weighted by molar-refractivity contribution is 0.952. The molecule has 6 aromatic carbocycles. The van der Waals surface area contributed by atoms with Crippen molar-refractivity contribution in [3.05, 3.63) is 158 Å².